The van der Waals surface area contributed by atoms with Gasteiger partial charge < -0.3 is 39.6 Å². The van der Waals surface area contributed by atoms with E-state index < -0.39 is 47.4 Å². The summed E-state index contributed by atoms with van der Waals surface area (Å²) >= 11 is 0. The average molecular weight is 484 g/mol. The molecule has 2 rings (SSSR count). The van der Waals surface area contributed by atoms with Gasteiger partial charge in [0.2, 0.25) is 23.5 Å². The standard InChI is InChI=1S/C20H24N2O12/c23-13-7-8-14(24)21(13)33-19(29)5-1-3-17(27)31-11-12-32-18(28)4-2-6-20(30)34-22-15(25)9-10-16(22)26/h7-10,23-26H,1-6,11-12H2. The molecular formula is C20H24N2O12. The first-order valence-electron chi connectivity index (χ1n) is 10.1. The summed E-state index contributed by atoms with van der Waals surface area (Å²) in [5, 5.41) is 37.5. The number of aromatic nitrogens is 2. The number of ether oxygens (including phenoxy) is 2. The van der Waals surface area contributed by atoms with Gasteiger partial charge in [0.1, 0.15) is 13.2 Å². The van der Waals surface area contributed by atoms with Crippen LogP contribution in [-0.4, -0.2) is 67.0 Å². The Morgan fingerprint density at radius 2 is 0.853 bits per heavy atom. The molecule has 4 N–H and O–H groups in total. The zero-order valence-electron chi connectivity index (χ0n) is 17.9. The largest absolute Gasteiger partial charge is 0.492 e. The first-order valence-corrected chi connectivity index (χ1v) is 10.1. The lowest BCUT2D eigenvalue weighted by Crippen LogP contribution is -2.19. The molecule has 0 atom stereocenters. The smallest absolute Gasteiger partial charge is 0.333 e. The molecule has 0 radical (unpaired) electrons. The topological polar surface area (TPSA) is 196 Å². The van der Waals surface area contributed by atoms with Gasteiger partial charge >= 0.3 is 23.9 Å². The molecule has 0 amide bonds. The number of hydrogen-bond donors (Lipinski definition) is 4. The minimum Gasteiger partial charge on any atom is -0.492 e. The van der Waals surface area contributed by atoms with E-state index in [2.05, 4.69) is 0 Å². The highest BCUT2D eigenvalue weighted by Crippen LogP contribution is 2.19. The monoisotopic (exact) mass is 484 g/mol. The van der Waals surface area contributed by atoms with E-state index in [1.54, 1.807) is 0 Å². The van der Waals surface area contributed by atoms with Crippen molar-refractivity contribution in [1.82, 2.24) is 9.46 Å². The van der Waals surface area contributed by atoms with Crippen LogP contribution in [0.4, 0.5) is 0 Å². The normalized spacial score (nSPS) is 10.5. The van der Waals surface area contributed by atoms with Crippen LogP contribution in [0.1, 0.15) is 38.5 Å². The van der Waals surface area contributed by atoms with Crippen molar-refractivity contribution in [3.63, 3.8) is 0 Å². The predicted molar refractivity (Wildman–Crippen MR) is 108 cm³/mol. The van der Waals surface area contributed by atoms with Crippen LogP contribution in [0.25, 0.3) is 0 Å². The van der Waals surface area contributed by atoms with Crippen LogP contribution in [0, 0.1) is 0 Å². The Hall–Kier alpha value is -4.36. The fourth-order valence-corrected chi connectivity index (χ4v) is 2.50. The summed E-state index contributed by atoms with van der Waals surface area (Å²) in [6.07, 6.45) is -0.382. The Morgan fingerprint density at radius 1 is 0.559 bits per heavy atom. The quantitative estimate of drug-likeness (QED) is 0.222. The number of esters is 2. The van der Waals surface area contributed by atoms with Crippen LogP contribution >= 0.6 is 0 Å². The van der Waals surface area contributed by atoms with Gasteiger partial charge in [-0.15, -0.1) is 9.46 Å². The minimum atomic E-state index is -0.783. The van der Waals surface area contributed by atoms with E-state index in [1.165, 1.54) is 0 Å². The minimum absolute atomic E-state index is 0.0922. The van der Waals surface area contributed by atoms with Crippen molar-refractivity contribution in [2.75, 3.05) is 13.2 Å². The molecule has 0 aliphatic heterocycles. The fourth-order valence-electron chi connectivity index (χ4n) is 2.50. The zero-order chi connectivity index (χ0) is 25.1. The number of hydrogen-bond acceptors (Lipinski definition) is 12. The first-order chi connectivity index (χ1) is 16.2. The molecule has 0 aliphatic carbocycles. The molecule has 186 valence electrons. The number of aromatic hydroxyl groups is 4. The van der Waals surface area contributed by atoms with E-state index in [0.717, 1.165) is 24.3 Å². The molecule has 2 aromatic heterocycles. The van der Waals surface area contributed by atoms with Crippen LogP contribution in [0.15, 0.2) is 24.3 Å². The second-order valence-corrected chi connectivity index (χ2v) is 6.76. The van der Waals surface area contributed by atoms with E-state index in [0.29, 0.717) is 9.46 Å². The summed E-state index contributed by atoms with van der Waals surface area (Å²) in [6.45, 7) is -0.400. The maximum atomic E-state index is 11.6. The first kappa shape index (κ1) is 25.9. The van der Waals surface area contributed by atoms with Gasteiger partial charge in [0, 0.05) is 49.9 Å². The van der Waals surface area contributed by atoms with Crippen molar-refractivity contribution in [2.45, 2.75) is 38.5 Å². The lowest BCUT2D eigenvalue weighted by atomic mass is 10.2. The number of carbonyl (C=O) groups excluding carboxylic acids is 4. The Kier molecular flexibility index (Phi) is 9.61. The van der Waals surface area contributed by atoms with Crippen LogP contribution in [0.5, 0.6) is 23.5 Å². The second-order valence-electron chi connectivity index (χ2n) is 6.76. The van der Waals surface area contributed by atoms with Crippen molar-refractivity contribution >= 4 is 23.9 Å². The van der Waals surface area contributed by atoms with E-state index in [-0.39, 0.29) is 51.7 Å². The molecule has 2 heterocycles. The summed E-state index contributed by atoms with van der Waals surface area (Å²) in [7, 11) is 0. The molecule has 34 heavy (non-hydrogen) atoms. The summed E-state index contributed by atoms with van der Waals surface area (Å²) in [5.74, 6) is -4.67. The average Bonchev–Trinajstić information content (AvgIpc) is 3.27. The van der Waals surface area contributed by atoms with E-state index in [9.17, 15) is 39.6 Å². The second kappa shape index (κ2) is 12.6. The summed E-state index contributed by atoms with van der Waals surface area (Å²) < 4.78 is 10.8. The van der Waals surface area contributed by atoms with Gasteiger partial charge in [0.15, 0.2) is 0 Å². The third-order valence-electron chi connectivity index (χ3n) is 4.11. The molecule has 0 saturated carbocycles. The van der Waals surface area contributed by atoms with Crippen molar-refractivity contribution in [3.05, 3.63) is 24.3 Å². The molecule has 14 heteroatoms. The molecule has 0 fully saturated rings. The van der Waals surface area contributed by atoms with Gasteiger partial charge in [-0.1, -0.05) is 0 Å². The molecule has 0 unspecified atom stereocenters. The lowest BCUT2D eigenvalue weighted by molar-refractivity contribution is -0.153. The highest BCUT2D eigenvalue weighted by Gasteiger charge is 2.15. The Labute approximate surface area is 192 Å². The number of rotatable bonds is 13. The molecule has 0 saturated heterocycles. The molecule has 0 aliphatic rings. The summed E-state index contributed by atoms with van der Waals surface area (Å²) in [4.78, 5) is 56.0. The van der Waals surface area contributed by atoms with Crippen LogP contribution in [-0.2, 0) is 28.7 Å². The van der Waals surface area contributed by atoms with Crippen molar-refractivity contribution < 1.29 is 58.8 Å². The number of carbonyl (C=O) groups is 4. The molecule has 14 nitrogen and oxygen atoms in total. The Balaban J connectivity index is 1.49. The van der Waals surface area contributed by atoms with Gasteiger partial charge in [-0.3, -0.25) is 9.59 Å². The predicted octanol–water partition coefficient (Wildman–Crippen LogP) is 0.150. The maximum Gasteiger partial charge on any atom is 0.333 e. The fraction of sp³-hybridized carbons (Fsp3) is 0.400. The van der Waals surface area contributed by atoms with Gasteiger partial charge in [-0.2, -0.15) is 0 Å². The third kappa shape index (κ3) is 8.29. The SMILES string of the molecule is O=C(CCCC(=O)On1c(O)ccc1O)OCCOC(=O)CCCC(=O)On1c(O)ccc1O. The van der Waals surface area contributed by atoms with Gasteiger partial charge in [-0.25, -0.2) is 9.59 Å². The Bertz CT molecular complexity index is 890. The number of nitrogens with zero attached hydrogens (tertiary/aromatic N) is 2. The summed E-state index contributed by atoms with van der Waals surface area (Å²) in [6, 6.07) is 4.52. The van der Waals surface area contributed by atoms with Crippen LogP contribution in [0.3, 0.4) is 0 Å². The van der Waals surface area contributed by atoms with E-state index in [1.807, 2.05) is 0 Å². The molecule has 0 aromatic carbocycles. The van der Waals surface area contributed by atoms with Crippen LogP contribution in [0.2, 0.25) is 0 Å². The molecule has 2 aromatic rings. The third-order valence-corrected chi connectivity index (χ3v) is 4.11. The van der Waals surface area contributed by atoms with Crippen molar-refractivity contribution in [1.29, 1.82) is 0 Å². The summed E-state index contributed by atoms with van der Waals surface area (Å²) in [5.41, 5.74) is 0. The van der Waals surface area contributed by atoms with Crippen LogP contribution < -0.4 is 9.68 Å². The van der Waals surface area contributed by atoms with E-state index >= 15 is 0 Å². The zero-order valence-corrected chi connectivity index (χ0v) is 17.9. The van der Waals surface area contributed by atoms with E-state index in [4.69, 9.17) is 19.1 Å². The van der Waals surface area contributed by atoms with Gasteiger partial charge in [-0.05, 0) is 12.8 Å². The molecular weight excluding hydrogens is 460 g/mol. The molecule has 0 bridgehead atoms. The lowest BCUT2D eigenvalue weighted by Gasteiger charge is -2.08. The highest BCUT2D eigenvalue weighted by atomic mass is 16.7. The van der Waals surface area contributed by atoms with Gasteiger partial charge in [0.25, 0.3) is 0 Å². The van der Waals surface area contributed by atoms with Crippen molar-refractivity contribution in [2.24, 2.45) is 0 Å². The Morgan fingerprint density at radius 3 is 1.18 bits per heavy atom. The molecule has 0 spiro atoms. The van der Waals surface area contributed by atoms with Crippen molar-refractivity contribution in [3.8, 4) is 23.5 Å². The maximum absolute atomic E-state index is 11.6. The van der Waals surface area contributed by atoms with Gasteiger partial charge in [0.05, 0.1) is 0 Å². The highest BCUT2D eigenvalue weighted by molar-refractivity contribution is 5.73.